The predicted octanol–water partition coefficient (Wildman–Crippen LogP) is 2.77. The van der Waals surface area contributed by atoms with E-state index in [1.54, 1.807) is 13.0 Å². The Morgan fingerprint density at radius 3 is 2.62 bits per heavy atom. The number of hydrogen-bond acceptors (Lipinski definition) is 5. The van der Waals surface area contributed by atoms with E-state index >= 15 is 0 Å². The van der Waals surface area contributed by atoms with E-state index in [4.69, 9.17) is 9.84 Å². The van der Waals surface area contributed by atoms with Crippen LogP contribution in [0, 0.1) is 17.0 Å². The van der Waals surface area contributed by atoms with E-state index < -0.39 is 10.9 Å². The quantitative estimate of drug-likeness (QED) is 0.342. The van der Waals surface area contributed by atoms with Crippen molar-refractivity contribution in [1.82, 2.24) is 0 Å². The molecule has 0 spiro atoms. The molecule has 1 aromatic rings. The lowest BCUT2D eigenvalue weighted by Crippen LogP contribution is -2.05. The highest BCUT2D eigenvalue weighted by atomic mass is 35.5. The zero-order valence-corrected chi connectivity index (χ0v) is 12.2. The second kappa shape index (κ2) is 8.91. The van der Waals surface area contributed by atoms with Crippen molar-refractivity contribution in [3.63, 3.8) is 0 Å². The summed E-state index contributed by atoms with van der Waals surface area (Å²) in [5.41, 5.74) is 0.154. The molecule has 0 aromatic heterocycles. The molecule has 0 aliphatic rings. The molecule has 0 aliphatic heterocycles. The molecule has 0 bridgehead atoms. The second-order valence-electron chi connectivity index (χ2n) is 4.22. The summed E-state index contributed by atoms with van der Waals surface area (Å²) in [5, 5.41) is 19.5. The van der Waals surface area contributed by atoms with Crippen LogP contribution in [0.25, 0.3) is 0 Å². The van der Waals surface area contributed by atoms with Gasteiger partial charge in [-0.2, -0.15) is 0 Å². The number of nitrogens with zero attached hydrogens (tertiary/aromatic N) is 1. The third kappa shape index (κ3) is 5.39. The Bertz CT molecular complexity index is 532. The zero-order chi connectivity index (χ0) is 15.1. The molecule has 0 saturated heterocycles. The Morgan fingerprint density at radius 2 is 2.10 bits per heavy atom. The molecule has 1 rings (SSSR count). The van der Waals surface area contributed by atoms with Crippen molar-refractivity contribution in [1.29, 1.82) is 0 Å². The summed E-state index contributed by atoms with van der Waals surface area (Å²) < 4.78 is 5.28. The number of rotatable bonds is 8. The number of ether oxygens (including phenoxy) is 1. The maximum Gasteiger partial charge on any atom is 0.321 e. The molecule has 116 valence electrons. The number of halogens is 1. The summed E-state index contributed by atoms with van der Waals surface area (Å²) in [5.74, 6) is -0.868. The Labute approximate surface area is 127 Å². The maximum atomic E-state index is 11.0. The number of aldehydes is 1. The third-order valence-electron chi connectivity index (χ3n) is 2.74. The number of nitro benzene ring substituents is 1. The lowest BCUT2D eigenvalue weighted by Gasteiger charge is -2.09. The molecular formula is C13H16ClNO6. The maximum absolute atomic E-state index is 11.0. The smallest absolute Gasteiger partial charge is 0.321 e. The molecular weight excluding hydrogens is 302 g/mol. The SMILES string of the molecule is Cc1ccc(OCCCCC(=O)O)c([N+](=O)[O-])c1C=O.Cl. The number of aryl methyl sites for hydroxylation is 1. The first-order valence-electron chi connectivity index (χ1n) is 6.05. The molecule has 21 heavy (non-hydrogen) atoms. The number of hydrogen-bond donors (Lipinski definition) is 1. The van der Waals surface area contributed by atoms with Gasteiger partial charge in [-0.15, -0.1) is 12.4 Å². The van der Waals surface area contributed by atoms with Gasteiger partial charge in [-0.05, 0) is 31.4 Å². The van der Waals surface area contributed by atoms with E-state index in [0.29, 0.717) is 24.7 Å². The van der Waals surface area contributed by atoms with Gasteiger partial charge in [0.1, 0.15) is 0 Å². The van der Waals surface area contributed by atoms with Crippen LogP contribution in [0.5, 0.6) is 5.75 Å². The molecule has 0 radical (unpaired) electrons. The minimum atomic E-state index is -0.894. The van der Waals surface area contributed by atoms with Gasteiger partial charge < -0.3 is 9.84 Å². The molecule has 0 heterocycles. The Balaban J connectivity index is 0.00000400. The summed E-state index contributed by atoms with van der Waals surface area (Å²) in [6.45, 7) is 1.77. The number of nitro groups is 1. The van der Waals surface area contributed by atoms with Crippen LogP contribution in [0.15, 0.2) is 12.1 Å². The highest BCUT2D eigenvalue weighted by Crippen LogP contribution is 2.32. The van der Waals surface area contributed by atoms with Gasteiger partial charge in [0, 0.05) is 6.42 Å². The number of carbonyl (C=O) groups excluding carboxylic acids is 1. The molecule has 0 amide bonds. The molecule has 0 fully saturated rings. The first-order chi connectivity index (χ1) is 9.47. The number of benzene rings is 1. The van der Waals surface area contributed by atoms with Gasteiger partial charge in [0.15, 0.2) is 12.0 Å². The number of unbranched alkanes of at least 4 members (excludes halogenated alkanes) is 1. The van der Waals surface area contributed by atoms with Gasteiger partial charge >= 0.3 is 11.7 Å². The number of aliphatic carboxylic acids is 1. The van der Waals surface area contributed by atoms with Gasteiger partial charge in [0.25, 0.3) is 0 Å². The van der Waals surface area contributed by atoms with Crippen molar-refractivity contribution in [2.24, 2.45) is 0 Å². The van der Waals surface area contributed by atoms with Crippen molar-refractivity contribution in [2.45, 2.75) is 26.2 Å². The van der Waals surface area contributed by atoms with Gasteiger partial charge in [-0.25, -0.2) is 0 Å². The van der Waals surface area contributed by atoms with Crippen molar-refractivity contribution >= 4 is 30.3 Å². The van der Waals surface area contributed by atoms with Crippen molar-refractivity contribution < 1.29 is 24.4 Å². The molecule has 8 heteroatoms. The minimum Gasteiger partial charge on any atom is -0.487 e. The fourth-order valence-electron chi connectivity index (χ4n) is 1.70. The van der Waals surface area contributed by atoms with E-state index in [1.165, 1.54) is 6.07 Å². The Hall–Kier alpha value is -2.15. The third-order valence-corrected chi connectivity index (χ3v) is 2.74. The lowest BCUT2D eigenvalue weighted by molar-refractivity contribution is -0.386. The normalized spacial score (nSPS) is 9.57. The van der Waals surface area contributed by atoms with E-state index in [0.717, 1.165) is 0 Å². The molecule has 0 saturated carbocycles. The molecule has 1 N–H and O–H groups in total. The number of carboxylic acids is 1. The van der Waals surface area contributed by atoms with Crippen LogP contribution in [0.3, 0.4) is 0 Å². The van der Waals surface area contributed by atoms with Gasteiger partial charge in [-0.3, -0.25) is 19.7 Å². The van der Waals surface area contributed by atoms with E-state index in [1.807, 2.05) is 0 Å². The minimum absolute atomic E-state index is 0. The summed E-state index contributed by atoms with van der Waals surface area (Å²) in [6.07, 6.45) is 1.35. The number of carbonyl (C=O) groups is 2. The van der Waals surface area contributed by atoms with Crippen LogP contribution < -0.4 is 4.74 Å². The Morgan fingerprint density at radius 1 is 1.43 bits per heavy atom. The highest BCUT2D eigenvalue weighted by molar-refractivity contribution is 5.86. The van der Waals surface area contributed by atoms with Crippen molar-refractivity contribution in [2.75, 3.05) is 6.61 Å². The summed E-state index contributed by atoms with van der Waals surface area (Å²) in [4.78, 5) is 31.6. The molecule has 0 unspecified atom stereocenters. The topological polar surface area (TPSA) is 107 Å². The predicted molar refractivity (Wildman–Crippen MR) is 77.5 cm³/mol. The molecule has 1 aromatic carbocycles. The van der Waals surface area contributed by atoms with Gasteiger partial charge in [0.05, 0.1) is 17.1 Å². The second-order valence-corrected chi connectivity index (χ2v) is 4.22. The first kappa shape index (κ1) is 18.9. The van der Waals surface area contributed by atoms with Crippen LogP contribution in [-0.2, 0) is 4.79 Å². The fraction of sp³-hybridized carbons (Fsp3) is 0.385. The largest absolute Gasteiger partial charge is 0.487 e. The zero-order valence-electron chi connectivity index (χ0n) is 11.4. The fourth-order valence-corrected chi connectivity index (χ4v) is 1.70. The van der Waals surface area contributed by atoms with Crippen LogP contribution >= 0.6 is 12.4 Å². The molecule has 0 aliphatic carbocycles. The highest BCUT2D eigenvalue weighted by Gasteiger charge is 2.22. The average Bonchev–Trinajstić information content (AvgIpc) is 2.38. The average molecular weight is 318 g/mol. The molecule has 0 atom stereocenters. The van der Waals surface area contributed by atoms with Crippen LogP contribution in [0.4, 0.5) is 5.69 Å². The summed E-state index contributed by atoms with van der Waals surface area (Å²) >= 11 is 0. The monoisotopic (exact) mass is 317 g/mol. The first-order valence-corrected chi connectivity index (χ1v) is 6.05. The van der Waals surface area contributed by atoms with Crippen LogP contribution in [0.2, 0.25) is 0 Å². The van der Waals surface area contributed by atoms with Crippen LogP contribution in [0.1, 0.15) is 35.2 Å². The standard InChI is InChI=1S/C13H15NO6.ClH/c1-9-5-6-11(13(14(18)19)10(9)8-15)20-7-3-2-4-12(16)17;/h5-6,8H,2-4,7H2,1H3,(H,16,17);1H. The van der Waals surface area contributed by atoms with E-state index in [2.05, 4.69) is 0 Å². The Kier molecular flexibility index (Phi) is 8.00. The summed E-state index contributed by atoms with van der Waals surface area (Å²) in [6, 6.07) is 3.01. The van der Waals surface area contributed by atoms with Crippen molar-refractivity contribution in [3.05, 3.63) is 33.4 Å². The lowest BCUT2D eigenvalue weighted by atomic mass is 10.1. The van der Waals surface area contributed by atoms with Crippen molar-refractivity contribution in [3.8, 4) is 5.75 Å². The number of carboxylic acid groups (broad SMARTS) is 1. The van der Waals surface area contributed by atoms with Gasteiger partial charge in [0.2, 0.25) is 0 Å². The van der Waals surface area contributed by atoms with Gasteiger partial charge in [-0.1, -0.05) is 6.07 Å². The van der Waals surface area contributed by atoms with Crippen LogP contribution in [-0.4, -0.2) is 28.9 Å². The van der Waals surface area contributed by atoms with E-state index in [9.17, 15) is 19.7 Å². The molecule has 7 nitrogen and oxygen atoms in total. The van der Waals surface area contributed by atoms with E-state index in [-0.39, 0.29) is 42.4 Å². The summed E-state index contributed by atoms with van der Waals surface area (Å²) in [7, 11) is 0.